The van der Waals surface area contributed by atoms with E-state index < -0.39 is 37.3 Å². The van der Waals surface area contributed by atoms with E-state index in [-0.39, 0.29) is 0 Å². The average molecular weight is 282 g/mol. The van der Waals surface area contributed by atoms with Gasteiger partial charge in [0.05, 0.1) is 6.61 Å². The quantitative estimate of drug-likeness (QED) is 0.594. The summed E-state index contributed by atoms with van der Waals surface area (Å²) in [6.45, 7) is 3.15. The van der Waals surface area contributed by atoms with Crippen LogP contribution in [0.3, 0.4) is 0 Å². The molecule has 110 valence electrons. The van der Waals surface area contributed by atoms with Gasteiger partial charge in [0.25, 0.3) is 0 Å². The summed E-state index contributed by atoms with van der Waals surface area (Å²) < 4.78 is 10.7. The first kappa shape index (κ1) is 15.0. The minimum absolute atomic E-state index is 0.430. The minimum atomic E-state index is -1.45. The van der Waals surface area contributed by atoms with Gasteiger partial charge in [0, 0.05) is 0 Å². The standard InChI is InChI=1S/C14H18O6/c1-2-8-3-5-9(6-4-8)19-14-13(18)12(17)11(16)10(7-15)20-14/h2-6,10-18H,1,7H2/t10-,11-,12+,13-,14+/m1/s1. The Labute approximate surface area is 116 Å². The Morgan fingerprint density at radius 3 is 2.30 bits per heavy atom. The van der Waals surface area contributed by atoms with Crippen LogP contribution in [0.2, 0.25) is 0 Å². The summed E-state index contributed by atoms with van der Waals surface area (Å²) in [7, 11) is 0. The van der Waals surface area contributed by atoms with Gasteiger partial charge in [0.2, 0.25) is 6.29 Å². The molecule has 1 aliphatic heterocycles. The van der Waals surface area contributed by atoms with Crippen LogP contribution in [0.1, 0.15) is 5.56 Å². The Morgan fingerprint density at radius 2 is 1.75 bits per heavy atom. The molecule has 6 nitrogen and oxygen atoms in total. The lowest BCUT2D eigenvalue weighted by atomic mass is 9.99. The predicted molar refractivity (Wildman–Crippen MR) is 70.9 cm³/mol. The largest absolute Gasteiger partial charge is 0.462 e. The lowest BCUT2D eigenvalue weighted by Crippen LogP contribution is -2.60. The summed E-state index contributed by atoms with van der Waals surface area (Å²) >= 11 is 0. The van der Waals surface area contributed by atoms with E-state index in [0.29, 0.717) is 5.75 Å². The van der Waals surface area contributed by atoms with Gasteiger partial charge in [-0.1, -0.05) is 24.8 Å². The molecule has 0 radical (unpaired) electrons. The maximum atomic E-state index is 9.83. The molecular formula is C14H18O6. The number of rotatable bonds is 4. The highest BCUT2D eigenvalue weighted by atomic mass is 16.7. The van der Waals surface area contributed by atoms with Crippen molar-refractivity contribution in [3.63, 3.8) is 0 Å². The van der Waals surface area contributed by atoms with Crippen LogP contribution in [0.25, 0.3) is 6.08 Å². The van der Waals surface area contributed by atoms with Crippen LogP contribution in [0.5, 0.6) is 5.75 Å². The molecule has 0 aliphatic carbocycles. The minimum Gasteiger partial charge on any atom is -0.462 e. The van der Waals surface area contributed by atoms with Crippen molar-refractivity contribution in [3.8, 4) is 5.75 Å². The lowest BCUT2D eigenvalue weighted by molar-refractivity contribution is -0.277. The lowest BCUT2D eigenvalue weighted by Gasteiger charge is -2.39. The van der Waals surface area contributed by atoms with Crippen molar-refractivity contribution in [2.45, 2.75) is 30.7 Å². The van der Waals surface area contributed by atoms with Crippen LogP contribution in [0.15, 0.2) is 30.8 Å². The number of benzene rings is 1. The van der Waals surface area contributed by atoms with Gasteiger partial charge in [0.15, 0.2) is 0 Å². The van der Waals surface area contributed by atoms with Gasteiger partial charge >= 0.3 is 0 Å². The normalized spacial score (nSPS) is 33.7. The van der Waals surface area contributed by atoms with E-state index in [9.17, 15) is 15.3 Å². The first-order valence-corrected chi connectivity index (χ1v) is 6.26. The zero-order valence-electron chi connectivity index (χ0n) is 10.8. The van der Waals surface area contributed by atoms with E-state index >= 15 is 0 Å². The number of hydrogen-bond acceptors (Lipinski definition) is 6. The summed E-state index contributed by atoms with van der Waals surface area (Å²) in [6, 6.07) is 6.87. The van der Waals surface area contributed by atoms with E-state index in [0.717, 1.165) is 5.56 Å². The molecule has 1 aromatic rings. The second kappa shape index (κ2) is 6.34. The van der Waals surface area contributed by atoms with Crippen LogP contribution in [-0.4, -0.2) is 57.7 Å². The number of hydrogen-bond donors (Lipinski definition) is 4. The van der Waals surface area contributed by atoms with Crippen molar-refractivity contribution < 1.29 is 29.9 Å². The van der Waals surface area contributed by atoms with Crippen LogP contribution < -0.4 is 4.74 Å². The van der Waals surface area contributed by atoms with Gasteiger partial charge in [-0.05, 0) is 17.7 Å². The van der Waals surface area contributed by atoms with Gasteiger partial charge < -0.3 is 29.9 Å². The molecular weight excluding hydrogens is 264 g/mol. The van der Waals surface area contributed by atoms with Gasteiger partial charge in [-0.3, -0.25) is 0 Å². The van der Waals surface area contributed by atoms with Gasteiger partial charge in [0.1, 0.15) is 30.2 Å². The number of aliphatic hydroxyl groups is 4. The van der Waals surface area contributed by atoms with Gasteiger partial charge in [-0.15, -0.1) is 0 Å². The van der Waals surface area contributed by atoms with Crippen molar-refractivity contribution in [1.82, 2.24) is 0 Å². The number of aliphatic hydroxyl groups excluding tert-OH is 4. The molecule has 1 heterocycles. The molecule has 1 aliphatic rings. The molecule has 0 bridgehead atoms. The van der Waals surface area contributed by atoms with E-state index in [2.05, 4.69) is 6.58 Å². The van der Waals surface area contributed by atoms with Crippen molar-refractivity contribution in [1.29, 1.82) is 0 Å². The fraction of sp³-hybridized carbons (Fsp3) is 0.429. The van der Waals surface area contributed by atoms with E-state index in [1.54, 1.807) is 30.3 Å². The fourth-order valence-electron chi connectivity index (χ4n) is 1.98. The van der Waals surface area contributed by atoms with E-state index in [4.69, 9.17) is 14.6 Å². The molecule has 0 spiro atoms. The zero-order valence-corrected chi connectivity index (χ0v) is 10.8. The molecule has 6 heteroatoms. The monoisotopic (exact) mass is 282 g/mol. The van der Waals surface area contributed by atoms with Gasteiger partial charge in [-0.25, -0.2) is 0 Å². The van der Waals surface area contributed by atoms with E-state index in [1.807, 2.05) is 0 Å². The maximum absolute atomic E-state index is 9.83. The Bertz CT molecular complexity index is 443. The average Bonchev–Trinajstić information content (AvgIpc) is 2.48. The molecule has 5 atom stereocenters. The maximum Gasteiger partial charge on any atom is 0.229 e. The van der Waals surface area contributed by atoms with Gasteiger partial charge in [-0.2, -0.15) is 0 Å². The summed E-state index contributed by atoms with van der Waals surface area (Å²) in [5.74, 6) is 0.430. The molecule has 4 N–H and O–H groups in total. The molecule has 1 fully saturated rings. The van der Waals surface area contributed by atoms with Crippen LogP contribution in [0.4, 0.5) is 0 Å². The first-order valence-electron chi connectivity index (χ1n) is 6.26. The highest BCUT2D eigenvalue weighted by Crippen LogP contribution is 2.24. The summed E-state index contributed by atoms with van der Waals surface area (Å²) in [4.78, 5) is 0. The second-order valence-electron chi connectivity index (χ2n) is 4.59. The van der Waals surface area contributed by atoms with Crippen molar-refractivity contribution >= 4 is 6.08 Å². The third kappa shape index (κ3) is 3.00. The third-order valence-electron chi connectivity index (χ3n) is 3.22. The summed E-state index contributed by atoms with van der Waals surface area (Å²) in [5.41, 5.74) is 0.908. The molecule has 0 amide bonds. The highest BCUT2D eigenvalue weighted by molar-refractivity contribution is 5.48. The SMILES string of the molecule is C=Cc1ccc(O[C@H]2O[C@H](CO)[C@@H](O)[C@H](O)[C@H]2O)cc1. The molecule has 2 rings (SSSR count). The molecule has 0 saturated carbocycles. The predicted octanol–water partition coefficient (Wildman–Crippen LogP) is -0.492. The Balaban J connectivity index is 2.08. The Hall–Kier alpha value is -1.44. The Morgan fingerprint density at radius 1 is 1.10 bits per heavy atom. The number of ether oxygens (including phenoxy) is 2. The van der Waals surface area contributed by atoms with Crippen molar-refractivity contribution in [3.05, 3.63) is 36.4 Å². The molecule has 20 heavy (non-hydrogen) atoms. The van der Waals surface area contributed by atoms with Crippen LogP contribution >= 0.6 is 0 Å². The molecule has 1 aromatic carbocycles. The topological polar surface area (TPSA) is 99.4 Å². The highest BCUT2D eigenvalue weighted by Gasteiger charge is 2.44. The first-order chi connectivity index (χ1) is 9.56. The molecule has 1 saturated heterocycles. The third-order valence-corrected chi connectivity index (χ3v) is 3.22. The Kier molecular flexibility index (Phi) is 4.74. The summed E-state index contributed by atoms with van der Waals surface area (Å²) in [5, 5.41) is 38.2. The smallest absolute Gasteiger partial charge is 0.229 e. The molecule has 0 aromatic heterocycles. The van der Waals surface area contributed by atoms with Crippen molar-refractivity contribution in [2.75, 3.05) is 6.61 Å². The second-order valence-corrected chi connectivity index (χ2v) is 4.59. The van der Waals surface area contributed by atoms with Crippen molar-refractivity contribution in [2.24, 2.45) is 0 Å². The summed E-state index contributed by atoms with van der Waals surface area (Å²) in [6.07, 6.45) is -4.72. The fourth-order valence-corrected chi connectivity index (χ4v) is 1.98. The van der Waals surface area contributed by atoms with Crippen LogP contribution in [-0.2, 0) is 4.74 Å². The van der Waals surface area contributed by atoms with E-state index in [1.165, 1.54) is 0 Å². The van der Waals surface area contributed by atoms with Crippen LogP contribution in [0, 0.1) is 0 Å². The zero-order chi connectivity index (χ0) is 14.7. The molecule has 0 unspecified atom stereocenters.